The number of carbonyl (C=O) groups is 1. The molecule has 0 spiro atoms. The van der Waals surface area contributed by atoms with E-state index in [1.165, 1.54) is 6.08 Å². The van der Waals surface area contributed by atoms with E-state index in [1.54, 1.807) is 12.2 Å². The van der Waals surface area contributed by atoms with E-state index in [4.69, 9.17) is 0 Å². The van der Waals surface area contributed by atoms with Crippen LogP contribution in [0.15, 0.2) is 24.3 Å². The quantitative estimate of drug-likeness (QED) is 0.545. The molecule has 1 rings (SSSR count). The van der Waals surface area contributed by atoms with Crippen molar-refractivity contribution in [3.63, 3.8) is 0 Å². The molecule has 1 saturated carbocycles. The van der Waals surface area contributed by atoms with Gasteiger partial charge in [-0.05, 0) is 13.3 Å². The van der Waals surface area contributed by atoms with Crippen molar-refractivity contribution in [2.24, 2.45) is 5.41 Å². The Labute approximate surface area is 90.9 Å². The number of nitrogens with one attached hydrogen (secondary N) is 1. The van der Waals surface area contributed by atoms with E-state index in [1.807, 2.05) is 26.8 Å². The molecule has 2 N–H and O–H groups in total. The monoisotopic (exact) mass is 209 g/mol. The Hall–Kier alpha value is -1.09. The van der Waals surface area contributed by atoms with Crippen LogP contribution < -0.4 is 5.32 Å². The van der Waals surface area contributed by atoms with Gasteiger partial charge in [-0.25, -0.2) is 0 Å². The van der Waals surface area contributed by atoms with Gasteiger partial charge in [0.2, 0.25) is 5.91 Å². The molecule has 1 fully saturated rings. The van der Waals surface area contributed by atoms with E-state index < -0.39 is 0 Å². The van der Waals surface area contributed by atoms with Crippen molar-refractivity contribution in [1.29, 1.82) is 0 Å². The Morgan fingerprint density at radius 3 is 2.60 bits per heavy atom. The van der Waals surface area contributed by atoms with Crippen LogP contribution in [0.3, 0.4) is 0 Å². The van der Waals surface area contributed by atoms with Gasteiger partial charge in [-0.2, -0.15) is 0 Å². The summed E-state index contributed by atoms with van der Waals surface area (Å²) in [5.41, 5.74) is -0.204. The molecule has 1 aliphatic rings. The molecule has 84 valence electrons. The molecule has 15 heavy (non-hydrogen) atoms. The maximum atomic E-state index is 11.4. The maximum Gasteiger partial charge on any atom is 0.244 e. The first kappa shape index (κ1) is 12.0. The molecule has 0 heterocycles. The van der Waals surface area contributed by atoms with Gasteiger partial charge in [0.05, 0.1) is 6.10 Å². The number of aliphatic hydroxyl groups is 1. The summed E-state index contributed by atoms with van der Waals surface area (Å²) in [4.78, 5) is 11.4. The minimum atomic E-state index is -0.303. The highest BCUT2D eigenvalue weighted by atomic mass is 16.3. The highest BCUT2D eigenvalue weighted by Crippen LogP contribution is 2.40. The molecule has 0 radical (unpaired) electrons. The largest absolute Gasteiger partial charge is 0.392 e. The van der Waals surface area contributed by atoms with Gasteiger partial charge in [0.25, 0.3) is 0 Å². The lowest BCUT2D eigenvalue weighted by Crippen LogP contribution is -2.60. The molecule has 3 nitrogen and oxygen atoms in total. The Bertz CT molecular complexity index is 292. The predicted molar refractivity (Wildman–Crippen MR) is 60.3 cm³/mol. The zero-order valence-corrected chi connectivity index (χ0v) is 9.53. The van der Waals surface area contributed by atoms with Gasteiger partial charge in [0.1, 0.15) is 0 Å². The fraction of sp³-hybridized carbons (Fsp3) is 0.583. The van der Waals surface area contributed by atoms with Crippen LogP contribution in [-0.2, 0) is 4.79 Å². The second-order valence-corrected chi connectivity index (χ2v) is 4.52. The van der Waals surface area contributed by atoms with Gasteiger partial charge in [-0.15, -0.1) is 0 Å². The van der Waals surface area contributed by atoms with Crippen molar-refractivity contribution in [3.8, 4) is 0 Å². The fourth-order valence-corrected chi connectivity index (χ4v) is 1.62. The summed E-state index contributed by atoms with van der Waals surface area (Å²) in [5.74, 6) is -0.0990. The number of rotatable bonds is 3. The zero-order chi connectivity index (χ0) is 11.5. The predicted octanol–water partition coefficient (Wildman–Crippen LogP) is 1.39. The molecule has 0 saturated heterocycles. The second kappa shape index (κ2) is 4.62. The summed E-state index contributed by atoms with van der Waals surface area (Å²) in [7, 11) is 0. The minimum absolute atomic E-state index is 0.0789. The van der Waals surface area contributed by atoms with Crippen molar-refractivity contribution in [2.45, 2.75) is 39.3 Å². The molecule has 0 aromatic heterocycles. The van der Waals surface area contributed by atoms with Gasteiger partial charge < -0.3 is 10.4 Å². The van der Waals surface area contributed by atoms with Crippen LogP contribution in [0.5, 0.6) is 0 Å². The first-order valence-electron chi connectivity index (χ1n) is 5.26. The normalized spacial score (nSPS) is 29.3. The Morgan fingerprint density at radius 1 is 1.47 bits per heavy atom. The van der Waals surface area contributed by atoms with Crippen molar-refractivity contribution in [2.75, 3.05) is 0 Å². The fourth-order valence-electron chi connectivity index (χ4n) is 1.62. The number of amides is 1. The van der Waals surface area contributed by atoms with E-state index in [2.05, 4.69) is 5.32 Å². The van der Waals surface area contributed by atoms with Crippen LogP contribution in [0, 0.1) is 5.41 Å². The van der Waals surface area contributed by atoms with E-state index in [9.17, 15) is 9.90 Å². The van der Waals surface area contributed by atoms with E-state index in [0.29, 0.717) is 6.42 Å². The molecule has 2 unspecified atom stereocenters. The van der Waals surface area contributed by atoms with Crippen LogP contribution >= 0.6 is 0 Å². The number of aliphatic hydroxyl groups excluding tert-OH is 1. The summed E-state index contributed by atoms with van der Waals surface area (Å²) in [5, 5.41) is 12.4. The van der Waals surface area contributed by atoms with Crippen molar-refractivity contribution < 1.29 is 9.90 Å². The minimum Gasteiger partial charge on any atom is -0.392 e. The van der Waals surface area contributed by atoms with Crippen LogP contribution in [0.2, 0.25) is 0 Å². The number of hydrogen-bond acceptors (Lipinski definition) is 2. The summed E-state index contributed by atoms with van der Waals surface area (Å²) in [6.07, 6.45) is 7.22. The summed E-state index contributed by atoms with van der Waals surface area (Å²) < 4.78 is 0. The molecule has 1 aliphatic carbocycles. The van der Waals surface area contributed by atoms with Crippen molar-refractivity contribution >= 4 is 5.91 Å². The van der Waals surface area contributed by atoms with E-state index in [0.717, 1.165) is 0 Å². The summed E-state index contributed by atoms with van der Waals surface area (Å²) in [6.45, 7) is 5.82. The zero-order valence-electron chi connectivity index (χ0n) is 9.53. The molecule has 0 aromatic rings. The first-order valence-corrected chi connectivity index (χ1v) is 5.26. The Balaban J connectivity index is 2.41. The number of hydrogen-bond donors (Lipinski definition) is 2. The van der Waals surface area contributed by atoms with Gasteiger partial charge in [-0.1, -0.05) is 32.1 Å². The van der Waals surface area contributed by atoms with Crippen molar-refractivity contribution in [3.05, 3.63) is 24.3 Å². The molecule has 0 bridgehead atoms. The third-order valence-corrected chi connectivity index (χ3v) is 3.08. The second-order valence-electron chi connectivity index (χ2n) is 4.52. The molecule has 0 aliphatic heterocycles. The summed E-state index contributed by atoms with van der Waals surface area (Å²) in [6, 6.07) is 0.0789. The first-order chi connectivity index (χ1) is 6.98. The lowest BCUT2D eigenvalue weighted by Gasteiger charge is -2.49. The smallest absolute Gasteiger partial charge is 0.244 e. The average Bonchev–Trinajstić information content (AvgIpc) is 2.18. The van der Waals surface area contributed by atoms with Gasteiger partial charge in [0, 0.05) is 17.5 Å². The maximum absolute atomic E-state index is 11.4. The number of carbonyl (C=O) groups excluding carboxylic acids is 1. The van der Waals surface area contributed by atoms with Gasteiger partial charge in [0.15, 0.2) is 0 Å². The summed E-state index contributed by atoms with van der Waals surface area (Å²) >= 11 is 0. The highest BCUT2D eigenvalue weighted by molar-refractivity contribution is 5.88. The van der Waals surface area contributed by atoms with Crippen LogP contribution in [0.4, 0.5) is 0 Å². The SMILES string of the molecule is CC=CC=CC(=O)NC1CC(O)C1(C)C. The lowest BCUT2D eigenvalue weighted by molar-refractivity contribution is -0.124. The third kappa shape index (κ3) is 2.69. The lowest BCUT2D eigenvalue weighted by atomic mass is 9.64. The van der Waals surface area contributed by atoms with Crippen LogP contribution in [0.25, 0.3) is 0 Å². The van der Waals surface area contributed by atoms with Crippen LogP contribution in [0.1, 0.15) is 27.2 Å². The van der Waals surface area contributed by atoms with Crippen LogP contribution in [-0.4, -0.2) is 23.2 Å². The third-order valence-electron chi connectivity index (χ3n) is 3.08. The van der Waals surface area contributed by atoms with E-state index >= 15 is 0 Å². The topological polar surface area (TPSA) is 49.3 Å². The highest BCUT2D eigenvalue weighted by Gasteiger charge is 2.47. The van der Waals surface area contributed by atoms with Gasteiger partial charge >= 0.3 is 0 Å². The number of allylic oxidation sites excluding steroid dienone is 3. The van der Waals surface area contributed by atoms with Crippen molar-refractivity contribution in [1.82, 2.24) is 5.32 Å². The molecule has 3 heteroatoms. The Kier molecular flexibility index (Phi) is 3.69. The molecule has 2 atom stereocenters. The molecule has 1 amide bonds. The molecular formula is C12H19NO2. The van der Waals surface area contributed by atoms with Gasteiger partial charge in [-0.3, -0.25) is 4.79 Å². The molecule has 0 aromatic carbocycles. The van der Waals surface area contributed by atoms with E-state index in [-0.39, 0.29) is 23.5 Å². The standard InChI is InChI=1S/C12H19NO2/c1-4-5-6-7-11(15)13-9-8-10(14)12(9,2)3/h4-7,9-10,14H,8H2,1-3H3,(H,13,15). The molecular weight excluding hydrogens is 190 g/mol. The average molecular weight is 209 g/mol. The Morgan fingerprint density at radius 2 is 2.13 bits per heavy atom.